The van der Waals surface area contributed by atoms with Crippen LogP contribution >= 0.6 is 84.1 Å². The zero-order valence-corrected chi connectivity index (χ0v) is 24.2. The topological polar surface area (TPSA) is 59.1 Å². The second kappa shape index (κ2) is 14.3. The van der Waals surface area contributed by atoms with Crippen molar-refractivity contribution in [3.63, 3.8) is 0 Å². The number of carbonyl (C=O) groups is 2. The smallest absolute Gasteiger partial charge is 0.407 e. The minimum atomic E-state index is -0.740. The summed E-state index contributed by atoms with van der Waals surface area (Å²) in [6, 6.07) is 4.89. The highest BCUT2D eigenvalue weighted by atomic mass is 35.5. The second-order valence-corrected chi connectivity index (χ2v) is 16.5. The van der Waals surface area contributed by atoms with Gasteiger partial charge in [0.1, 0.15) is 0 Å². The molecule has 0 N–H and O–H groups in total. The molecule has 0 saturated carbocycles. The highest BCUT2D eigenvalue weighted by molar-refractivity contribution is 9.41. The summed E-state index contributed by atoms with van der Waals surface area (Å²) < 4.78 is 38.0. The summed E-state index contributed by atoms with van der Waals surface area (Å²) in [5, 5.41) is 0.371. The predicted octanol–water partition coefficient (Wildman–Crippen LogP) is 8.78. The van der Waals surface area contributed by atoms with Crippen LogP contribution in [0.25, 0.3) is 0 Å². The molecule has 2 amide bonds. The van der Waals surface area contributed by atoms with Gasteiger partial charge in [0, 0.05) is 50.1 Å². The Morgan fingerprint density at radius 3 is 1.38 bits per heavy atom. The normalized spacial score (nSPS) is 10.7. The molecule has 0 spiro atoms. The van der Waals surface area contributed by atoms with E-state index in [2.05, 4.69) is 0 Å². The second-order valence-electron chi connectivity index (χ2n) is 6.39. The maximum Gasteiger partial charge on any atom is 0.414 e. The van der Waals surface area contributed by atoms with E-state index in [4.69, 9.17) is 32.7 Å². The Morgan fingerprint density at radius 1 is 0.706 bits per heavy atom. The van der Waals surface area contributed by atoms with E-state index in [0.717, 1.165) is 12.1 Å². The van der Waals surface area contributed by atoms with Crippen LogP contribution in [0.5, 0.6) is 11.5 Å². The van der Waals surface area contributed by atoms with Gasteiger partial charge in [-0.05, 0) is 73.0 Å². The first-order valence-corrected chi connectivity index (χ1v) is 17.0. The lowest BCUT2D eigenvalue weighted by Gasteiger charge is -2.13. The minimum absolute atomic E-state index is 0.185. The molecular weight excluding hydrogens is 610 g/mol. The van der Waals surface area contributed by atoms with Gasteiger partial charge in [0.2, 0.25) is 0 Å². The first-order valence-electron chi connectivity index (χ1n) is 8.77. The van der Waals surface area contributed by atoms with Gasteiger partial charge in [-0.15, -0.1) is 0 Å². The summed E-state index contributed by atoms with van der Waals surface area (Å²) in [4.78, 5) is 26.8. The average Bonchev–Trinajstić information content (AvgIpc) is 2.75. The molecule has 0 aromatic heterocycles. The summed E-state index contributed by atoms with van der Waals surface area (Å²) in [5.74, 6) is -1.92. The van der Waals surface area contributed by atoms with E-state index in [1.807, 2.05) is 0 Å². The summed E-state index contributed by atoms with van der Waals surface area (Å²) in [5.41, 5.74) is 0. The van der Waals surface area contributed by atoms with Gasteiger partial charge in [-0.2, -0.15) is 0 Å². The van der Waals surface area contributed by atoms with Crippen molar-refractivity contribution < 1.29 is 27.8 Å². The van der Waals surface area contributed by atoms with Crippen LogP contribution in [-0.4, -0.2) is 50.2 Å². The number of rotatable bonds is 9. The van der Waals surface area contributed by atoms with Crippen LogP contribution in [0.1, 0.15) is 0 Å². The van der Waals surface area contributed by atoms with Crippen molar-refractivity contribution in [1.29, 1.82) is 0 Å². The fourth-order valence-corrected chi connectivity index (χ4v) is 13.6. The monoisotopic (exact) mass is 624 g/mol. The molecule has 0 fully saturated rings. The molecule has 0 radical (unpaired) electrons. The van der Waals surface area contributed by atoms with Crippen LogP contribution in [0, 0.1) is 11.6 Å². The zero-order valence-electron chi connectivity index (χ0n) is 17.8. The summed E-state index contributed by atoms with van der Waals surface area (Å²) in [6.07, 6.45) is -1.41. The van der Waals surface area contributed by atoms with Crippen LogP contribution in [0.3, 0.4) is 0 Å². The molecule has 0 saturated heterocycles. The molecule has 0 heterocycles. The van der Waals surface area contributed by atoms with E-state index < -0.39 is 23.8 Å². The molecule has 2 rings (SSSR count). The summed E-state index contributed by atoms with van der Waals surface area (Å²) in [6.45, 7) is 0. The van der Waals surface area contributed by atoms with Gasteiger partial charge in [0.25, 0.3) is 0 Å². The van der Waals surface area contributed by atoms with Gasteiger partial charge in [-0.25, -0.2) is 18.4 Å². The lowest BCUT2D eigenvalue weighted by atomic mass is 10.3. The fraction of sp³-hybridized carbons (Fsp3) is 0.222. The number of hydrogen-bond acceptors (Lipinski definition) is 10. The molecule has 186 valence electrons. The Labute approximate surface area is 227 Å². The lowest BCUT2D eigenvalue weighted by Crippen LogP contribution is -2.25. The molecule has 6 nitrogen and oxygen atoms in total. The van der Waals surface area contributed by atoms with Crippen LogP contribution in [-0.2, 0) is 0 Å². The highest BCUT2D eigenvalue weighted by Crippen LogP contribution is 2.57. The fourth-order valence-electron chi connectivity index (χ4n) is 1.80. The number of nitrogens with zero attached hydrogens (tertiary/aromatic N) is 2. The molecule has 0 aliphatic rings. The van der Waals surface area contributed by atoms with Gasteiger partial charge < -0.3 is 19.3 Å². The molecule has 34 heavy (non-hydrogen) atoms. The van der Waals surface area contributed by atoms with E-state index in [9.17, 15) is 18.4 Å². The van der Waals surface area contributed by atoms with Crippen molar-refractivity contribution in [3.05, 3.63) is 45.9 Å². The van der Waals surface area contributed by atoms with Crippen molar-refractivity contribution in [3.8, 4) is 11.5 Å². The van der Waals surface area contributed by atoms with E-state index in [0.29, 0.717) is 9.79 Å². The Balaban J connectivity index is 1.87. The van der Waals surface area contributed by atoms with Crippen LogP contribution < -0.4 is 9.47 Å². The van der Waals surface area contributed by atoms with Crippen molar-refractivity contribution in [2.45, 2.75) is 9.79 Å². The standard InChI is InChI=1S/C18H16Cl2F2N2O4S6/c1-23(2)17(25)27-13-7-15(9(19)5-11(13)21)29-31-33-34-32-30-16-8-14(12(22)6-10(16)20)28-18(26)24(3)4/h5-8H,1-4H3. The van der Waals surface area contributed by atoms with E-state index >= 15 is 0 Å². The molecule has 2 aromatic carbocycles. The van der Waals surface area contributed by atoms with Gasteiger partial charge in [-0.1, -0.05) is 23.2 Å². The van der Waals surface area contributed by atoms with Crippen LogP contribution in [0.4, 0.5) is 18.4 Å². The quantitative estimate of drug-likeness (QED) is 0.200. The maximum absolute atomic E-state index is 14.0. The third kappa shape index (κ3) is 9.19. The van der Waals surface area contributed by atoms with Crippen LogP contribution in [0.15, 0.2) is 34.1 Å². The molecule has 0 aliphatic carbocycles. The van der Waals surface area contributed by atoms with Crippen molar-refractivity contribution in [2.75, 3.05) is 28.2 Å². The van der Waals surface area contributed by atoms with Gasteiger partial charge in [0.05, 0.1) is 10.0 Å². The van der Waals surface area contributed by atoms with Gasteiger partial charge >= 0.3 is 12.2 Å². The Hall–Kier alpha value is -0.480. The Kier molecular flexibility index (Phi) is 12.5. The zero-order chi connectivity index (χ0) is 25.4. The highest BCUT2D eigenvalue weighted by Gasteiger charge is 2.17. The number of hydrogen-bond donors (Lipinski definition) is 0. The average molecular weight is 626 g/mol. The number of carbonyl (C=O) groups excluding carboxylic acids is 2. The first-order chi connectivity index (χ1) is 16.0. The molecule has 2 aromatic rings. The molecule has 16 heteroatoms. The number of halogens is 4. The van der Waals surface area contributed by atoms with Gasteiger partial charge in [-0.3, -0.25) is 0 Å². The number of benzene rings is 2. The van der Waals surface area contributed by atoms with Gasteiger partial charge in [0.15, 0.2) is 23.1 Å². The Morgan fingerprint density at radius 2 is 1.06 bits per heavy atom. The third-order valence-corrected chi connectivity index (χ3v) is 14.8. The maximum atomic E-state index is 14.0. The summed E-state index contributed by atoms with van der Waals surface area (Å²) >= 11 is 12.2. The molecule has 0 unspecified atom stereocenters. The van der Waals surface area contributed by atoms with E-state index in [-0.39, 0.29) is 21.5 Å². The molecular formula is C18H16Cl2F2N2O4S6. The number of amides is 2. The predicted molar refractivity (Wildman–Crippen MR) is 144 cm³/mol. The number of ether oxygens (including phenoxy) is 2. The molecule has 0 bridgehead atoms. The SMILES string of the molecule is CN(C)C(=O)Oc1cc(SSSSSSc2cc(OC(=O)N(C)C)c(F)cc2Cl)c(Cl)cc1F. The third-order valence-electron chi connectivity index (χ3n) is 3.43. The van der Waals surface area contributed by atoms with Crippen LogP contribution in [0.2, 0.25) is 10.0 Å². The molecule has 0 aliphatic heterocycles. The largest absolute Gasteiger partial charge is 0.414 e. The minimum Gasteiger partial charge on any atom is -0.407 e. The Bertz CT molecular complexity index is 970. The van der Waals surface area contributed by atoms with E-state index in [1.165, 1.54) is 111 Å². The molecule has 0 atom stereocenters. The summed E-state index contributed by atoms with van der Waals surface area (Å²) in [7, 11) is 14.0. The van der Waals surface area contributed by atoms with Crippen molar-refractivity contribution in [1.82, 2.24) is 9.80 Å². The van der Waals surface area contributed by atoms with Crippen molar-refractivity contribution in [2.24, 2.45) is 0 Å². The lowest BCUT2D eigenvalue weighted by molar-refractivity contribution is 0.169. The first kappa shape index (κ1) is 29.7. The van der Waals surface area contributed by atoms with E-state index in [1.54, 1.807) is 0 Å². The van der Waals surface area contributed by atoms with Crippen molar-refractivity contribution >= 4 is 96.3 Å².